The third kappa shape index (κ3) is 4.07. The highest BCUT2D eigenvalue weighted by atomic mass is 16.5. The molecule has 1 aliphatic heterocycles. The molecule has 1 N–H and O–H groups in total. The zero-order valence-corrected chi connectivity index (χ0v) is 17.0. The average molecular weight is 422 g/mol. The number of rotatable bonds is 4. The minimum Gasteiger partial charge on any atom is -0.497 e. The number of ether oxygens (including phenoxy) is 1. The number of aromatic nitrogens is 2. The number of piperazine rings is 1. The first-order chi connectivity index (χ1) is 15.0. The number of carbonyl (C=O) groups is 2. The van der Waals surface area contributed by atoms with Crippen LogP contribution < -0.4 is 16.0 Å². The molecule has 31 heavy (non-hydrogen) atoms. The Kier molecular flexibility index (Phi) is 5.57. The van der Waals surface area contributed by atoms with Gasteiger partial charge in [-0.2, -0.15) is 0 Å². The van der Waals surface area contributed by atoms with E-state index in [0.29, 0.717) is 48.4 Å². The molecular weight excluding hydrogens is 400 g/mol. The van der Waals surface area contributed by atoms with Crippen LogP contribution in [0, 0.1) is 0 Å². The van der Waals surface area contributed by atoms with Crippen molar-refractivity contribution >= 4 is 22.7 Å². The quantitative estimate of drug-likeness (QED) is 0.666. The number of benzene rings is 2. The largest absolute Gasteiger partial charge is 0.497 e. The van der Waals surface area contributed by atoms with Crippen LogP contribution in [0.5, 0.6) is 5.75 Å². The summed E-state index contributed by atoms with van der Waals surface area (Å²) in [6, 6.07) is 13.6. The van der Waals surface area contributed by atoms with Gasteiger partial charge in [0.1, 0.15) is 12.3 Å². The lowest BCUT2D eigenvalue weighted by molar-refractivity contribution is -0.133. The SMILES string of the molecule is COc1ccc(C(=O)N2CCN(C(=O)Cn3c(=O)[nH]c(=O)c4ccccc43)CC2)cc1. The minimum absolute atomic E-state index is 0.0994. The van der Waals surface area contributed by atoms with Crippen molar-refractivity contribution in [2.24, 2.45) is 0 Å². The number of nitrogens with one attached hydrogen (secondary N) is 1. The highest BCUT2D eigenvalue weighted by molar-refractivity contribution is 5.94. The van der Waals surface area contributed by atoms with Gasteiger partial charge in [-0.15, -0.1) is 0 Å². The van der Waals surface area contributed by atoms with Gasteiger partial charge in [-0.05, 0) is 36.4 Å². The van der Waals surface area contributed by atoms with Gasteiger partial charge in [-0.25, -0.2) is 4.79 Å². The minimum atomic E-state index is -0.620. The summed E-state index contributed by atoms with van der Waals surface area (Å²) in [5, 5.41) is 0.352. The molecule has 1 saturated heterocycles. The first kappa shape index (κ1) is 20.4. The number of aromatic amines is 1. The van der Waals surface area contributed by atoms with Crippen LogP contribution in [0.3, 0.4) is 0 Å². The predicted octanol–water partition coefficient (Wildman–Crippen LogP) is 0.683. The lowest BCUT2D eigenvalue weighted by atomic mass is 10.1. The van der Waals surface area contributed by atoms with Crippen molar-refractivity contribution in [2.45, 2.75) is 6.54 Å². The van der Waals surface area contributed by atoms with Gasteiger partial charge in [0, 0.05) is 31.7 Å². The van der Waals surface area contributed by atoms with E-state index < -0.39 is 11.2 Å². The first-order valence-electron chi connectivity index (χ1n) is 9.91. The van der Waals surface area contributed by atoms with Gasteiger partial charge < -0.3 is 14.5 Å². The van der Waals surface area contributed by atoms with Crippen molar-refractivity contribution in [3.05, 3.63) is 74.9 Å². The number of nitrogens with zero attached hydrogens (tertiary/aromatic N) is 3. The van der Waals surface area contributed by atoms with Gasteiger partial charge in [0.25, 0.3) is 11.5 Å². The van der Waals surface area contributed by atoms with Crippen molar-refractivity contribution in [2.75, 3.05) is 33.3 Å². The Morgan fingerprint density at radius 3 is 2.26 bits per heavy atom. The summed E-state index contributed by atoms with van der Waals surface area (Å²) in [6.07, 6.45) is 0. The molecule has 4 rings (SSSR count). The van der Waals surface area contributed by atoms with Crippen LogP contribution >= 0.6 is 0 Å². The van der Waals surface area contributed by atoms with Gasteiger partial charge in [0.05, 0.1) is 18.0 Å². The zero-order chi connectivity index (χ0) is 22.0. The Morgan fingerprint density at radius 1 is 0.935 bits per heavy atom. The lowest BCUT2D eigenvalue weighted by Crippen LogP contribution is -2.51. The zero-order valence-electron chi connectivity index (χ0n) is 17.0. The number of amides is 2. The molecule has 160 valence electrons. The third-order valence-electron chi connectivity index (χ3n) is 5.46. The van der Waals surface area contributed by atoms with E-state index in [4.69, 9.17) is 4.74 Å². The summed E-state index contributed by atoms with van der Waals surface area (Å²) in [5.41, 5.74) is -0.120. The lowest BCUT2D eigenvalue weighted by Gasteiger charge is -2.35. The molecule has 0 bridgehead atoms. The number of methoxy groups -OCH3 is 1. The Labute approximate surface area is 177 Å². The van der Waals surface area contributed by atoms with E-state index >= 15 is 0 Å². The Hall–Kier alpha value is -3.88. The van der Waals surface area contributed by atoms with Crippen LogP contribution in [0.2, 0.25) is 0 Å². The molecule has 0 radical (unpaired) electrons. The van der Waals surface area contributed by atoms with Crippen molar-refractivity contribution in [3.63, 3.8) is 0 Å². The fraction of sp³-hybridized carbons (Fsp3) is 0.273. The Bertz CT molecular complexity index is 1240. The van der Waals surface area contributed by atoms with Crippen molar-refractivity contribution in [1.82, 2.24) is 19.4 Å². The molecule has 2 amide bonds. The summed E-state index contributed by atoms with van der Waals surface area (Å²) < 4.78 is 6.38. The summed E-state index contributed by atoms with van der Waals surface area (Å²) in [6.45, 7) is 1.37. The molecule has 9 heteroatoms. The fourth-order valence-electron chi connectivity index (χ4n) is 3.71. The molecule has 2 heterocycles. The molecule has 1 fully saturated rings. The number of para-hydroxylation sites is 1. The van der Waals surface area contributed by atoms with Crippen LogP contribution in [0.25, 0.3) is 10.9 Å². The van der Waals surface area contributed by atoms with Gasteiger partial charge in [0.2, 0.25) is 5.91 Å². The van der Waals surface area contributed by atoms with E-state index in [-0.39, 0.29) is 18.4 Å². The second kappa shape index (κ2) is 8.47. The molecular formula is C22H22N4O5. The van der Waals surface area contributed by atoms with E-state index in [9.17, 15) is 19.2 Å². The molecule has 1 aromatic heterocycles. The molecule has 0 aliphatic carbocycles. The highest BCUT2D eigenvalue weighted by Crippen LogP contribution is 2.15. The fourth-order valence-corrected chi connectivity index (χ4v) is 3.71. The van der Waals surface area contributed by atoms with E-state index in [1.54, 1.807) is 65.4 Å². The average Bonchev–Trinajstić information content (AvgIpc) is 2.81. The highest BCUT2D eigenvalue weighted by Gasteiger charge is 2.25. The molecule has 1 aliphatic rings. The summed E-state index contributed by atoms with van der Waals surface area (Å²) in [5.74, 6) is 0.338. The molecule has 2 aromatic carbocycles. The molecule has 3 aromatic rings. The van der Waals surface area contributed by atoms with Crippen LogP contribution in [-0.4, -0.2) is 64.5 Å². The van der Waals surface area contributed by atoms with Crippen LogP contribution in [0.1, 0.15) is 10.4 Å². The standard InChI is InChI=1S/C22H22N4O5/c1-31-16-8-6-15(7-9-16)21(29)25-12-10-24(11-13-25)19(27)14-26-18-5-3-2-4-17(18)20(28)23-22(26)30/h2-9H,10-14H2,1H3,(H,23,28,30). The van der Waals surface area contributed by atoms with Gasteiger partial charge >= 0.3 is 5.69 Å². The predicted molar refractivity (Wildman–Crippen MR) is 114 cm³/mol. The second-order valence-electron chi connectivity index (χ2n) is 7.26. The van der Waals surface area contributed by atoms with Crippen LogP contribution in [0.4, 0.5) is 0 Å². The maximum absolute atomic E-state index is 12.8. The third-order valence-corrected chi connectivity index (χ3v) is 5.46. The van der Waals surface area contributed by atoms with E-state index in [1.807, 2.05) is 0 Å². The topological polar surface area (TPSA) is 105 Å². The molecule has 0 saturated carbocycles. The van der Waals surface area contributed by atoms with E-state index in [1.165, 1.54) is 4.57 Å². The van der Waals surface area contributed by atoms with Crippen LogP contribution in [0.15, 0.2) is 58.1 Å². The number of carbonyl (C=O) groups excluding carboxylic acids is 2. The maximum Gasteiger partial charge on any atom is 0.329 e. The second-order valence-corrected chi connectivity index (χ2v) is 7.26. The van der Waals surface area contributed by atoms with Gasteiger partial charge in [-0.3, -0.25) is 23.9 Å². The van der Waals surface area contributed by atoms with Crippen molar-refractivity contribution in [1.29, 1.82) is 0 Å². The molecule has 0 spiro atoms. The number of H-pyrrole nitrogens is 1. The summed E-state index contributed by atoms with van der Waals surface area (Å²) in [7, 11) is 1.57. The number of hydrogen-bond donors (Lipinski definition) is 1. The molecule has 0 unspecified atom stereocenters. The van der Waals surface area contributed by atoms with E-state index in [0.717, 1.165) is 0 Å². The normalized spacial score (nSPS) is 14.0. The smallest absolute Gasteiger partial charge is 0.329 e. The van der Waals surface area contributed by atoms with Crippen LogP contribution in [-0.2, 0) is 11.3 Å². The Morgan fingerprint density at radius 2 is 1.58 bits per heavy atom. The maximum atomic E-state index is 12.8. The summed E-state index contributed by atoms with van der Waals surface area (Å²) in [4.78, 5) is 55.4. The summed E-state index contributed by atoms with van der Waals surface area (Å²) >= 11 is 0. The van der Waals surface area contributed by atoms with Crippen molar-refractivity contribution in [3.8, 4) is 5.75 Å². The Balaban J connectivity index is 1.43. The molecule has 9 nitrogen and oxygen atoms in total. The molecule has 0 atom stereocenters. The van der Waals surface area contributed by atoms with Gasteiger partial charge in [0.15, 0.2) is 0 Å². The number of hydrogen-bond acceptors (Lipinski definition) is 5. The van der Waals surface area contributed by atoms with E-state index in [2.05, 4.69) is 4.98 Å². The van der Waals surface area contributed by atoms with Crippen molar-refractivity contribution < 1.29 is 14.3 Å². The number of fused-ring (bicyclic) bond motifs is 1. The van der Waals surface area contributed by atoms with Gasteiger partial charge in [-0.1, -0.05) is 12.1 Å². The monoisotopic (exact) mass is 422 g/mol. The first-order valence-corrected chi connectivity index (χ1v) is 9.91.